The van der Waals surface area contributed by atoms with Gasteiger partial charge in [0.25, 0.3) is 0 Å². The molecule has 9 rings (SSSR count). The first-order chi connectivity index (χ1) is 21.3. The third kappa shape index (κ3) is 3.19. The zero-order valence-corrected chi connectivity index (χ0v) is 23.3. The molecule has 2 aliphatic rings. The van der Waals surface area contributed by atoms with E-state index in [1.165, 1.54) is 60.8 Å². The third-order valence-electron chi connectivity index (χ3n) is 9.38. The van der Waals surface area contributed by atoms with E-state index in [0.717, 1.165) is 16.7 Å². The number of aromatic nitrogens is 1. The molecule has 1 aromatic heterocycles. The van der Waals surface area contributed by atoms with Crippen LogP contribution in [0.1, 0.15) is 27.9 Å². The maximum atomic E-state index is 9.40. The molecule has 43 heavy (non-hydrogen) atoms. The fraction of sp³-hybridized carbons (Fsp3) is 0.0244. The zero-order valence-electron chi connectivity index (χ0n) is 23.3. The molecule has 198 valence electrons. The first-order valence-corrected chi connectivity index (χ1v) is 14.6. The van der Waals surface area contributed by atoms with Crippen LogP contribution < -0.4 is 0 Å². The van der Waals surface area contributed by atoms with E-state index in [2.05, 4.69) is 138 Å². The molecule has 0 aliphatic heterocycles. The normalized spacial score (nSPS) is 13.3. The van der Waals surface area contributed by atoms with Crippen LogP contribution in [-0.4, -0.2) is 4.98 Å². The van der Waals surface area contributed by atoms with Gasteiger partial charge in [-0.2, -0.15) is 5.26 Å². The Labute approximate surface area is 250 Å². The van der Waals surface area contributed by atoms with E-state index < -0.39 is 5.41 Å². The summed E-state index contributed by atoms with van der Waals surface area (Å²) in [6, 6.07) is 52.9. The van der Waals surface area contributed by atoms with Crippen LogP contribution >= 0.6 is 0 Å². The summed E-state index contributed by atoms with van der Waals surface area (Å²) >= 11 is 0. The molecule has 0 saturated carbocycles. The van der Waals surface area contributed by atoms with Gasteiger partial charge in [0.05, 0.1) is 5.41 Å². The van der Waals surface area contributed by atoms with Crippen LogP contribution in [0.4, 0.5) is 0 Å². The van der Waals surface area contributed by atoms with Gasteiger partial charge < -0.3 is 0 Å². The minimum atomic E-state index is -0.400. The predicted molar refractivity (Wildman–Crippen MR) is 174 cm³/mol. The molecule has 0 unspecified atom stereocenters. The van der Waals surface area contributed by atoms with Gasteiger partial charge in [0, 0.05) is 6.20 Å². The van der Waals surface area contributed by atoms with Crippen molar-refractivity contribution in [1.29, 1.82) is 5.26 Å². The van der Waals surface area contributed by atoms with Crippen molar-refractivity contribution < 1.29 is 0 Å². The molecule has 2 heteroatoms. The number of rotatable bonds is 2. The fourth-order valence-corrected chi connectivity index (χ4v) is 7.64. The Bertz CT molecular complexity index is 2280. The maximum Gasteiger partial charge on any atom is 0.141 e. The van der Waals surface area contributed by atoms with Gasteiger partial charge in [-0.15, -0.1) is 0 Å². The first kappa shape index (κ1) is 23.9. The highest BCUT2D eigenvalue weighted by Gasteiger charge is 2.52. The molecule has 0 fully saturated rings. The summed E-state index contributed by atoms with van der Waals surface area (Å²) in [7, 11) is 0. The number of pyridine rings is 1. The molecular weight excluding hydrogens is 520 g/mol. The number of nitriles is 1. The molecule has 0 bridgehead atoms. The average molecular weight is 545 g/mol. The second-order valence-electron chi connectivity index (χ2n) is 11.4. The Morgan fingerprint density at radius 1 is 0.488 bits per heavy atom. The molecule has 7 aromatic rings. The highest BCUT2D eigenvalue weighted by Crippen LogP contribution is 2.64. The van der Waals surface area contributed by atoms with Crippen LogP contribution in [0.3, 0.4) is 0 Å². The van der Waals surface area contributed by atoms with E-state index >= 15 is 0 Å². The summed E-state index contributed by atoms with van der Waals surface area (Å²) in [5.41, 5.74) is 15.0. The van der Waals surface area contributed by atoms with Gasteiger partial charge in [0.1, 0.15) is 11.8 Å². The van der Waals surface area contributed by atoms with E-state index in [9.17, 15) is 5.26 Å². The number of nitrogens with zero attached hydrogens (tertiary/aromatic N) is 2. The lowest BCUT2D eigenvalue weighted by Crippen LogP contribution is -2.25. The van der Waals surface area contributed by atoms with E-state index in [1.807, 2.05) is 12.1 Å². The minimum absolute atomic E-state index is 0.400. The van der Waals surface area contributed by atoms with Gasteiger partial charge in [-0.1, -0.05) is 115 Å². The molecule has 2 aliphatic carbocycles. The van der Waals surface area contributed by atoms with Gasteiger partial charge in [-0.3, -0.25) is 0 Å². The van der Waals surface area contributed by atoms with E-state index in [1.54, 1.807) is 6.20 Å². The second kappa shape index (κ2) is 8.86. The summed E-state index contributed by atoms with van der Waals surface area (Å²) in [6.07, 6.45) is 1.70. The van der Waals surface area contributed by atoms with Crippen LogP contribution in [0.5, 0.6) is 0 Å². The third-order valence-corrected chi connectivity index (χ3v) is 9.38. The maximum absolute atomic E-state index is 9.40. The van der Waals surface area contributed by atoms with Crippen molar-refractivity contribution in [1.82, 2.24) is 4.98 Å². The van der Waals surface area contributed by atoms with Crippen molar-refractivity contribution in [2.24, 2.45) is 0 Å². The lowest BCUT2D eigenvalue weighted by molar-refractivity contribution is 0.795. The molecular formula is C41H24N2. The van der Waals surface area contributed by atoms with Crippen LogP contribution in [0.15, 0.2) is 146 Å². The lowest BCUT2D eigenvalue weighted by atomic mass is 9.70. The Morgan fingerprint density at radius 3 is 1.93 bits per heavy atom. The summed E-state index contributed by atoms with van der Waals surface area (Å²) in [6.45, 7) is 0. The molecule has 6 aromatic carbocycles. The second-order valence-corrected chi connectivity index (χ2v) is 11.4. The number of benzene rings is 6. The highest BCUT2D eigenvalue weighted by molar-refractivity contribution is 6.06. The SMILES string of the molecule is N#Cc1cc(-c2cccc(-c3ccc4c(c3)C3(c5ccccc5-c5ccccc53)c3ccc5ccccc5c3-4)c2)ccn1. The zero-order chi connectivity index (χ0) is 28.5. The van der Waals surface area contributed by atoms with Gasteiger partial charge in [0.2, 0.25) is 0 Å². The standard InChI is InChI=1S/C41H24N2/c42-25-31-23-30(20-21-43-31)28-10-7-9-27(22-28)29-16-18-35-39(24-29)41(38-19-17-26-8-1-2-11-32(26)40(35)38)36-14-5-3-12-33(36)34-13-4-6-15-37(34)41/h1-24H. The van der Waals surface area contributed by atoms with Crippen molar-refractivity contribution >= 4 is 10.8 Å². The Morgan fingerprint density at radius 2 is 1.16 bits per heavy atom. The number of hydrogen-bond donors (Lipinski definition) is 0. The molecule has 0 amide bonds. The first-order valence-electron chi connectivity index (χ1n) is 14.6. The van der Waals surface area contributed by atoms with E-state index in [4.69, 9.17) is 0 Å². The fourth-order valence-electron chi connectivity index (χ4n) is 7.64. The van der Waals surface area contributed by atoms with Crippen molar-refractivity contribution in [3.8, 4) is 50.6 Å². The van der Waals surface area contributed by atoms with Crippen molar-refractivity contribution in [3.63, 3.8) is 0 Å². The molecule has 1 spiro atoms. The van der Waals surface area contributed by atoms with Gasteiger partial charge in [-0.25, -0.2) is 4.98 Å². The summed E-state index contributed by atoms with van der Waals surface area (Å²) in [5, 5.41) is 12.0. The van der Waals surface area contributed by atoms with E-state index in [-0.39, 0.29) is 0 Å². The smallest absolute Gasteiger partial charge is 0.141 e. The van der Waals surface area contributed by atoms with Crippen molar-refractivity contribution in [2.75, 3.05) is 0 Å². The molecule has 0 saturated heterocycles. The van der Waals surface area contributed by atoms with Gasteiger partial charge in [0.15, 0.2) is 0 Å². The molecule has 0 radical (unpaired) electrons. The van der Waals surface area contributed by atoms with E-state index in [0.29, 0.717) is 5.69 Å². The predicted octanol–water partition coefficient (Wildman–Crippen LogP) is 9.78. The molecule has 1 heterocycles. The molecule has 0 N–H and O–H groups in total. The Kier molecular flexibility index (Phi) is 4.92. The van der Waals surface area contributed by atoms with Crippen molar-refractivity contribution in [3.05, 3.63) is 174 Å². The monoisotopic (exact) mass is 544 g/mol. The molecule has 0 atom stereocenters. The summed E-state index contributed by atoms with van der Waals surface area (Å²) in [5.74, 6) is 0. The van der Waals surface area contributed by atoms with Crippen LogP contribution in [0.2, 0.25) is 0 Å². The average Bonchev–Trinajstić information content (AvgIpc) is 3.55. The largest absolute Gasteiger partial charge is 0.246 e. The summed E-state index contributed by atoms with van der Waals surface area (Å²) < 4.78 is 0. The van der Waals surface area contributed by atoms with Gasteiger partial charge in [-0.05, 0) is 102 Å². The Hall–Kier alpha value is -5.78. The number of fused-ring (bicyclic) bond motifs is 12. The lowest BCUT2D eigenvalue weighted by Gasteiger charge is -2.31. The minimum Gasteiger partial charge on any atom is -0.246 e. The van der Waals surface area contributed by atoms with Crippen molar-refractivity contribution in [2.45, 2.75) is 5.41 Å². The van der Waals surface area contributed by atoms with Crippen LogP contribution in [0.25, 0.3) is 55.3 Å². The van der Waals surface area contributed by atoms with Gasteiger partial charge >= 0.3 is 0 Å². The van der Waals surface area contributed by atoms with Crippen LogP contribution in [0, 0.1) is 11.3 Å². The molecule has 2 nitrogen and oxygen atoms in total. The van der Waals surface area contributed by atoms with Crippen LogP contribution in [-0.2, 0) is 5.41 Å². The Balaban J connectivity index is 1.34. The quantitative estimate of drug-likeness (QED) is 0.217. The topological polar surface area (TPSA) is 36.7 Å². The summed E-state index contributed by atoms with van der Waals surface area (Å²) in [4.78, 5) is 4.16. The highest BCUT2D eigenvalue weighted by atomic mass is 14.7. The number of hydrogen-bond acceptors (Lipinski definition) is 2.